The van der Waals surface area contributed by atoms with E-state index in [0.29, 0.717) is 0 Å². The van der Waals surface area contributed by atoms with Crippen LogP contribution >= 0.6 is 11.3 Å². The summed E-state index contributed by atoms with van der Waals surface area (Å²) in [6.45, 7) is 3.39. The Bertz CT molecular complexity index is 303. The standard InChI is InChI=1S/C13H21NS/c1-10-7-8-13(15-10)12-6-4-3-5-11(12)9-14-2/h7-8,11-12,14H,3-6,9H2,1-2H3. The molecule has 0 radical (unpaired) electrons. The van der Waals surface area contributed by atoms with Gasteiger partial charge in [0.1, 0.15) is 0 Å². The average molecular weight is 223 g/mol. The minimum absolute atomic E-state index is 0.824. The number of aryl methyl sites for hydroxylation is 1. The van der Waals surface area contributed by atoms with Gasteiger partial charge in [-0.25, -0.2) is 0 Å². The van der Waals surface area contributed by atoms with Crippen molar-refractivity contribution in [1.82, 2.24) is 5.32 Å². The van der Waals surface area contributed by atoms with Crippen LogP contribution in [0.25, 0.3) is 0 Å². The maximum Gasteiger partial charge on any atom is 0.00822 e. The average Bonchev–Trinajstić information content (AvgIpc) is 2.66. The molecule has 1 nitrogen and oxygen atoms in total. The smallest absolute Gasteiger partial charge is 0.00822 e. The van der Waals surface area contributed by atoms with Gasteiger partial charge in [-0.3, -0.25) is 0 Å². The zero-order valence-electron chi connectivity index (χ0n) is 9.75. The molecule has 0 spiro atoms. The maximum absolute atomic E-state index is 3.35. The molecule has 0 bridgehead atoms. The maximum atomic E-state index is 3.35. The summed E-state index contributed by atoms with van der Waals surface area (Å²) >= 11 is 2.00. The monoisotopic (exact) mass is 223 g/mol. The van der Waals surface area contributed by atoms with E-state index in [2.05, 4.69) is 31.4 Å². The highest BCUT2D eigenvalue weighted by molar-refractivity contribution is 7.12. The van der Waals surface area contributed by atoms with Crippen LogP contribution in [0.4, 0.5) is 0 Å². The quantitative estimate of drug-likeness (QED) is 0.826. The van der Waals surface area contributed by atoms with Gasteiger partial charge in [0.25, 0.3) is 0 Å². The molecule has 1 heterocycles. The lowest BCUT2D eigenvalue weighted by Gasteiger charge is -2.30. The molecule has 1 aromatic rings. The summed E-state index contributed by atoms with van der Waals surface area (Å²) in [6.07, 6.45) is 5.64. The third-order valence-corrected chi connectivity index (χ3v) is 4.63. The number of hydrogen-bond donors (Lipinski definition) is 1. The Hall–Kier alpha value is -0.340. The van der Waals surface area contributed by atoms with Gasteiger partial charge in [-0.15, -0.1) is 11.3 Å². The van der Waals surface area contributed by atoms with Gasteiger partial charge in [0, 0.05) is 9.75 Å². The summed E-state index contributed by atoms with van der Waals surface area (Å²) in [5.74, 6) is 1.69. The largest absolute Gasteiger partial charge is 0.319 e. The Balaban J connectivity index is 2.10. The first-order valence-corrected chi connectivity index (χ1v) is 6.84. The number of rotatable bonds is 3. The van der Waals surface area contributed by atoms with Gasteiger partial charge in [0.15, 0.2) is 0 Å². The van der Waals surface area contributed by atoms with Crippen molar-refractivity contribution in [3.63, 3.8) is 0 Å². The van der Waals surface area contributed by atoms with Crippen molar-refractivity contribution >= 4 is 11.3 Å². The molecule has 2 atom stereocenters. The minimum atomic E-state index is 0.824. The van der Waals surface area contributed by atoms with E-state index < -0.39 is 0 Å². The van der Waals surface area contributed by atoms with Crippen molar-refractivity contribution < 1.29 is 0 Å². The lowest BCUT2D eigenvalue weighted by atomic mass is 9.78. The number of thiophene rings is 1. The Morgan fingerprint density at radius 2 is 2.13 bits per heavy atom. The van der Waals surface area contributed by atoms with E-state index in [1.165, 1.54) is 37.1 Å². The van der Waals surface area contributed by atoms with Gasteiger partial charge in [0.2, 0.25) is 0 Å². The van der Waals surface area contributed by atoms with E-state index in [4.69, 9.17) is 0 Å². The Labute approximate surface area is 96.9 Å². The predicted octanol–water partition coefficient (Wildman–Crippen LogP) is 3.55. The second kappa shape index (κ2) is 5.13. The van der Waals surface area contributed by atoms with Crippen LogP contribution in [0.15, 0.2) is 12.1 Å². The molecule has 1 N–H and O–H groups in total. The second-order valence-corrected chi connectivity index (χ2v) is 5.98. The predicted molar refractivity (Wildman–Crippen MR) is 67.7 cm³/mol. The van der Waals surface area contributed by atoms with Crippen molar-refractivity contribution in [2.45, 2.75) is 38.5 Å². The topological polar surface area (TPSA) is 12.0 Å². The van der Waals surface area contributed by atoms with Crippen LogP contribution in [-0.4, -0.2) is 13.6 Å². The molecule has 1 saturated carbocycles. The van der Waals surface area contributed by atoms with Gasteiger partial charge in [0.05, 0.1) is 0 Å². The molecular weight excluding hydrogens is 202 g/mol. The Morgan fingerprint density at radius 3 is 2.80 bits per heavy atom. The minimum Gasteiger partial charge on any atom is -0.319 e. The van der Waals surface area contributed by atoms with Crippen LogP contribution in [0.1, 0.15) is 41.4 Å². The molecule has 84 valence electrons. The van der Waals surface area contributed by atoms with Crippen LogP contribution in [0, 0.1) is 12.8 Å². The zero-order valence-corrected chi connectivity index (χ0v) is 10.6. The molecule has 0 aromatic carbocycles. The lowest BCUT2D eigenvalue weighted by molar-refractivity contribution is 0.304. The van der Waals surface area contributed by atoms with Crippen molar-refractivity contribution in [2.75, 3.05) is 13.6 Å². The molecule has 0 saturated heterocycles. The Kier molecular flexibility index (Phi) is 3.81. The SMILES string of the molecule is CNCC1CCCCC1c1ccc(C)s1. The fraction of sp³-hybridized carbons (Fsp3) is 0.692. The molecule has 1 aromatic heterocycles. The summed E-state index contributed by atoms with van der Waals surface area (Å²) in [5.41, 5.74) is 0. The first-order chi connectivity index (χ1) is 7.31. The highest BCUT2D eigenvalue weighted by atomic mass is 32.1. The molecule has 0 amide bonds. The molecular formula is C13H21NS. The van der Waals surface area contributed by atoms with E-state index in [-0.39, 0.29) is 0 Å². The van der Waals surface area contributed by atoms with E-state index >= 15 is 0 Å². The molecule has 1 fully saturated rings. The fourth-order valence-corrected chi connectivity index (χ4v) is 3.85. The van der Waals surface area contributed by atoms with Gasteiger partial charge >= 0.3 is 0 Å². The van der Waals surface area contributed by atoms with Crippen molar-refractivity contribution in [1.29, 1.82) is 0 Å². The molecule has 1 aliphatic rings. The van der Waals surface area contributed by atoms with Gasteiger partial charge in [-0.1, -0.05) is 12.8 Å². The normalized spacial score (nSPS) is 26.8. The van der Waals surface area contributed by atoms with Crippen molar-refractivity contribution in [3.8, 4) is 0 Å². The second-order valence-electron chi connectivity index (χ2n) is 4.66. The molecule has 15 heavy (non-hydrogen) atoms. The van der Waals surface area contributed by atoms with Gasteiger partial charge in [-0.05, 0) is 57.3 Å². The summed E-state index contributed by atoms with van der Waals surface area (Å²) in [7, 11) is 2.07. The van der Waals surface area contributed by atoms with E-state index in [0.717, 1.165) is 11.8 Å². The zero-order chi connectivity index (χ0) is 10.7. The van der Waals surface area contributed by atoms with E-state index in [1.807, 2.05) is 11.3 Å². The van der Waals surface area contributed by atoms with Crippen LogP contribution in [0.3, 0.4) is 0 Å². The lowest BCUT2D eigenvalue weighted by Crippen LogP contribution is -2.26. The summed E-state index contributed by atoms with van der Waals surface area (Å²) < 4.78 is 0. The summed E-state index contributed by atoms with van der Waals surface area (Å²) in [4.78, 5) is 3.08. The summed E-state index contributed by atoms with van der Waals surface area (Å²) in [6, 6.07) is 4.61. The van der Waals surface area contributed by atoms with Crippen molar-refractivity contribution in [2.24, 2.45) is 5.92 Å². The molecule has 1 aliphatic carbocycles. The van der Waals surface area contributed by atoms with Crippen molar-refractivity contribution in [3.05, 3.63) is 21.9 Å². The molecule has 2 heteroatoms. The Morgan fingerprint density at radius 1 is 1.33 bits per heavy atom. The first-order valence-electron chi connectivity index (χ1n) is 6.02. The van der Waals surface area contributed by atoms with Crippen LogP contribution in [-0.2, 0) is 0 Å². The van der Waals surface area contributed by atoms with Gasteiger partial charge < -0.3 is 5.32 Å². The van der Waals surface area contributed by atoms with E-state index in [9.17, 15) is 0 Å². The molecule has 2 rings (SSSR count). The first kappa shape index (κ1) is 11.2. The van der Waals surface area contributed by atoms with E-state index in [1.54, 1.807) is 4.88 Å². The van der Waals surface area contributed by atoms with Crippen LogP contribution < -0.4 is 5.32 Å². The molecule has 2 unspecified atom stereocenters. The molecule has 0 aliphatic heterocycles. The van der Waals surface area contributed by atoms with Crippen LogP contribution in [0.5, 0.6) is 0 Å². The summed E-state index contributed by atoms with van der Waals surface area (Å²) in [5, 5.41) is 3.35. The van der Waals surface area contributed by atoms with Crippen LogP contribution in [0.2, 0.25) is 0 Å². The number of nitrogens with one attached hydrogen (secondary N) is 1. The van der Waals surface area contributed by atoms with Gasteiger partial charge in [-0.2, -0.15) is 0 Å². The third kappa shape index (κ3) is 2.61. The third-order valence-electron chi connectivity index (χ3n) is 3.50. The fourth-order valence-electron chi connectivity index (χ4n) is 2.74. The highest BCUT2D eigenvalue weighted by Crippen LogP contribution is 2.40. The highest BCUT2D eigenvalue weighted by Gasteiger charge is 2.26. The number of hydrogen-bond acceptors (Lipinski definition) is 2.